The minimum absolute atomic E-state index is 0.180. The van der Waals surface area contributed by atoms with Gasteiger partial charge in [0.05, 0.1) is 17.1 Å². The lowest BCUT2D eigenvalue weighted by Crippen LogP contribution is -2.27. The van der Waals surface area contributed by atoms with Gasteiger partial charge in [0.2, 0.25) is 0 Å². The third kappa shape index (κ3) is 2.69. The first-order valence-electron chi connectivity index (χ1n) is 5.69. The van der Waals surface area contributed by atoms with Gasteiger partial charge in [-0.2, -0.15) is 0 Å². The fourth-order valence-electron chi connectivity index (χ4n) is 1.67. The van der Waals surface area contributed by atoms with E-state index < -0.39 is 0 Å². The molecule has 0 saturated carbocycles. The maximum absolute atomic E-state index is 12.4. The van der Waals surface area contributed by atoms with E-state index in [1.807, 2.05) is 6.92 Å². The highest BCUT2D eigenvalue weighted by molar-refractivity contribution is 7.08. The zero-order chi connectivity index (χ0) is 14.0. The third-order valence-electron chi connectivity index (χ3n) is 2.74. The normalized spacial score (nSPS) is 10.5. The zero-order valence-corrected chi connectivity index (χ0v) is 12.1. The summed E-state index contributed by atoms with van der Waals surface area (Å²) >= 11 is 7.02. The highest BCUT2D eigenvalue weighted by Crippen LogP contribution is 2.28. The predicted octanol–water partition coefficient (Wildman–Crippen LogP) is 2.61. The van der Waals surface area contributed by atoms with E-state index in [9.17, 15) is 4.79 Å². The molecule has 1 heterocycles. The van der Waals surface area contributed by atoms with Gasteiger partial charge >= 0.3 is 0 Å². The molecule has 2 aromatic rings. The van der Waals surface area contributed by atoms with Crippen LogP contribution in [0.3, 0.4) is 0 Å². The molecule has 0 aliphatic rings. The molecule has 0 aliphatic carbocycles. The predicted molar refractivity (Wildman–Crippen MR) is 77.9 cm³/mol. The molecular formula is C12H13ClN4OS. The molecule has 0 fully saturated rings. The number of carbonyl (C=O) groups excluding carboxylic acids is 1. The van der Waals surface area contributed by atoms with Crippen LogP contribution in [0, 0.1) is 0 Å². The fourth-order valence-corrected chi connectivity index (χ4v) is 2.56. The average Bonchev–Trinajstić information content (AvgIpc) is 2.88. The lowest BCUT2D eigenvalue weighted by atomic mass is 10.2. The minimum Gasteiger partial charge on any atom is -0.397 e. The van der Waals surface area contributed by atoms with Gasteiger partial charge in [-0.1, -0.05) is 23.0 Å². The van der Waals surface area contributed by atoms with Gasteiger partial charge in [0.25, 0.3) is 5.91 Å². The van der Waals surface area contributed by atoms with Crippen molar-refractivity contribution in [2.24, 2.45) is 0 Å². The second-order valence-electron chi connectivity index (χ2n) is 3.97. The van der Waals surface area contributed by atoms with Crippen molar-refractivity contribution >= 4 is 40.4 Å². The standard InChI is InChI=1S/C12H13ClN4OS/c1-3-9-11(19-16-15-9)12(18)17(2)10-6-7(13)4-5-8(10)14/h4-6H,3,14H2,1-2H3. The lowest BCUT2D eigenvalue weighted by molar-refractivity contribution is 0.0996. The summed E-state index contributed by atoms with van der Waals surface area (Å²) < 4.78 is 3.82. The molecule has 0 aliphatic heterocycles. The van der Waals surface area contributed by atoms with Gasteiger partial charge in [-0.15, -0.1) is 5.10 Å². The number of nitrogen functional groups attached to an aromatic ring is 1. The number of nitrogens with zero attached hydrogens (tertiary/aromatic N) is 3. The summed E-state index contributed by atoms with van der Waals surface area (Å²) in [5.74, 6) is -0.180. The highest BCUT2D eigenvalue weighted by Gasteiger charge is 2.21. The number of benzene rings is 1. The Kier molecular flexibility index (Phi) is 4.01. The Morgan fingerprint density at radius 1 is 1.53 bits per heavy atom. The molecule has 0 atom stereocenters. The number of carbonyl (C=O) groups is 1. The topological polar surface area (TPSA) is 72.1 Å². The number of hydrogen-bond acceptors (Lipinski definition) is 5. The van der Waals surface area contributed by atoms with E-state index in [-0.39, 0.29) is 5.91 Å². The van der Waals surface area contributed by atoms with Crippen LogP contribution in [0.1, 0.15) is 22.3 Å². The van der Waals surface area contributed by atoms with Crippen LogP contribution in [-0.2, 0) is 6.42 Å². The van der Waals surface area contributed by atoms with Gasteiger partial charge < -0.3 is 10.6 Å². The number of hydrogen-bond donors (Lipinski definition) is 1. The molecule has 0 unspecified atom stereocenters. The molecule has 0 spiro atoms. The van der Waals surface area contributed by atoms with E-state index in [2.05, 4.69) is 9.59 Å². The Morgan fingerprint density at radius 3 is 2.95 bits per heavy atom. The van der Waals surface area contributed by atoms with Crippen LogP contribution in [0.2, 0.25) is 5.02 Å². The SMILES string of the molecule is CCc1nnsc1C(=O)N(C)c1cc(Cl)ccc1N. The molecule has 1 aromatic carbocycles. The molecule has 0 bridgehead atoms. The van der Waals surface area contributed by atoms with E-state index in [1.54, 1.807) is 25.2 Å². The molecule has 1 aromatic heterocycles. The molecule has 2 rings (SSSR count). The molecule has 0 radical (unpaired) electrons. The second kappa shape index (κ2) is 5.54. The molecule has 7 heteroatoms. The van der Waals surface area contributed by atoms with Crippen LogP contribution in [0.4, 0.5) is 11.4 Å². The average molecular weight is 297 g/mol. The first-order chi connectivity index (χ1) is 9.04. The quantitative estimate of drug-likeness (QED) is 0.884. The molecule has 5 nitrogen and oxygen atoms in total. The summed E-state index contributed by atoms with van der Waals surface area (Å²) in [4.78, 5) is 14.4. The van der Waals surface area contributed by atoms with Gasteiger partial charge in [-0.3, -0.25) is 4.79 Å². The van der Waals surface area contributed by atoms with E-state index in [0.717, 1.165) is 11.5 Å². The monoisotopic (exact) mass is 296 g/mol. The molecule has 19 heavy (non-hydrogen) atoms. The minimum atomic E-state index is -0.180. The van der Waals surface area contributed by atoms with Crippen molar-refractivity contribution in [3.05, 3.63) is 33.8 Å². The Bertz CT molecular complexity index is 614. The molecular weight excluding hydrogens is 284 g/mol. The van der Waals surface area contributed by atoms with Crippen LogP contribution in [0.25, 0.3) is 0 Å². The third-order valence-corrected chi connectivity index (χ3v) is 3.73. The summed E-state index contributed by atoms with van der Waals surface area (Å²) in [5, 5.41) is 4.47. The van der Waals surface area contributed by atoms with Gasteiger partial charge in [0.1, 0.15) is 4.88 Å². The maximum Gasteiger partial charge on any atom is 0.271 e. The molecule has 2 N–H and O–H groups in total. The van der Waals surface area contributed by atoms with Crippen molar-refractivity contribution in [1.29, 1.82) is 0 Å². The molecule has 100 valence electrons. The molecule has 1 amide bonds. The summed E-state index contributed by atoms with van der Waals surface area (Å²) in [7, 11) is 1.66. The van der Waals surface area contributed by atoms with Crippen molar-refractivity contribution in [1.82, 2.24) is 9.59 Å². The van der Waals surface area contributed by atoms with E-state index in [0.29, 0.717) is 33.4 Å². The largest absolute Gasteiger partial charge is 0.397 e. The van der Waals surface area contributed by atoms with Crippen LogP contribution < -0.4 is 10.6 Å². The van der Waals surface area contributed by atoms with E-state index >= 15 is 0 Å². The van der Waals surface area contributed by atoms with Crippen molar-refractivity contribution in [2.75, 3.05) is 17.7 Å². The number of halogens is 1. The number of aryl methyl sites for hydroxylation is 1. The van der Waals surface area contributed by atoms with E-state index in [1.165, 1.54) is 4.90 Å². The summed E-state index contributed by atoms with van der Waals surface area (Å²) in [6, 6.07) is 5.02. The van der Waals surface area contributed by atoms with Gasteiger partial charge in [-0.05, 0) is 36.2 Å². The summed E-state index contributed by atoms with van der Waals surface area (Å²) in [5.41, 5.74) is 7.64. The number of amides is 1. The Morgan fingerprint density at radius 2 is 2.26 bits per heavy atom. The van der Waals surface area contributed by atoms with Crippen molar-refractivity contribution in [3.8, 4) is 0 Å². The van der Waals surface area contributed by atoms with Crippen molar-refractivity contribution in [3.63, 3.8) is 0 Å². The van der Waals surface area contributed by atoms with Crippen LogP contribution in [-0.4, -0.2) is 22.5 Å². The van der Waals surface area contributed by atoms with Crippen molar-refractivity contribution in [2.45, 2.75) is 13.3 Å². The zero-order valence-electron chi connectivity index (χ0n) is 10.6. The summed E-state index contributed by atoms with van der Waals surface area (Å²) in [6.45, 7) is 1.93. The molecule has 0 saturated heterocycles. The smallest absolute Gasteiger partial charge is 0.271 e. The highest BCUT2D eigenvalue weighted by atomic mass is 35.5. The van der Waals surface area contributed by atoms with Crippen LogP contribution in [0.15, 0.2) is 18.2 Å². The van der Waals surface area contributed by atoms with Gasteiger partial charge in [0.15, 0.2) is 0 Å². The van der Waals surface area contributed by atoms with Crippen LogP contribution >= 0.6 is 23.1 Å². The summed E-state index contributed by atoms with van der Waals surface area (Å²) in [6.07, 6.45) is 0.663. The fraction of sp³-hybridized carbons (Fsp3) is 0.250. The number of nitrogens with two attached hydrogens (primary N) is 1. The Hall–Kier alpha value is -1.66. The Labute approximate surface area is 120 Å². The maximum atomic E-state index is 12.4. The number of anilines is 2. The second-order valence-corrected chi connectivity index (χ2v) is 5.16. The Balaban J connectivity index is 2.36. The van der Waals surface area contributed by atoms with Crippen molar-refractivity contribution < 1.29 is 4.79 Å². The first-order valence-corrected chi connectivity index (χ1v) is 6.84. The van der Waals surface area contributed by atoms with Gasteiger partial charge in [0, 0.05) is 12.1 Å². The van der Waals surface area contributed by atoms with Crippen LogP contribution in [0.5, 0.6) is 0 Å². The number of rotatable bonds is 3. The van der Waals surface area contributed by atoms with Gasteiger partial charge in [-0.25, -0.2) is 0 Å². The number of aromatic nitrogens is 2. The van der Waals surface area contributed by atoms with E-state index in [4.69, 9.17) is 17.3 Å². The first kappa shape index (κ1) is 13.8. The lowest BCUT2D eigenvalue weighted by Gasteiger charge is -2.18.